The molecule has 0 radical (unpaired) electrons. The lowest BCUT2D eigenvalue weighted by atomic mass is 9.93. The molecule has 4 heterocycles. The van der Waals surface area contributed by atoms with Crippen LogP contribution >= 0.6 is 0 Å². The first-order valence-electron chi connectivity index (χ1n) is 12.3. The van der Waals surface area contributed by atoms with E-state index < -0.39 is 5.54 Å². The molecule has 1 saturated carbocycles. The number of amides is 2. The zero-order valence-electron chi connectivity index (χ0n) is 19.9. The Morgan fingerprint density at radius 2 is 1.80 bits per heavy atom. The highest BCUT2D eigenvalue weighted by Crippen LogP contribution is 2.38. The molecule has 6 rings (SSSR count). The SMILES string of the molecule is C[C@]1(C(=O)NC2CCCC2)Cn2c(c(-n3cccc3)c3ccccc32)C(=O)N1Cc1ccccn1. The van der Waals surface area contributed by atoms with E-state index in [0.29, 0.717) is 12.2 Å². The minimum Gasteiger partial charge on any atom is -0.351 e. The van der Waals surface area contributed by atoms with Crippen molar-refractivity contribution in [2.24, 2.45) is 0 Å². The number of para-hydroxylation sites is 1. The molecule has 0 spiro atoms. The van der Waals surface area contributed by atoms with Crippen LogP contribution in [-0.4, -0.2) is 42.4 Å². The van der Waals surface area contributed by atoms with Gasteiger partial charge in [0.1, 0.15) is 11.2 Å². The second-order valence-corrected chi connectivity index (χ2v) is 9.83. The summed E-state index contributed by atoms with van der Waals surface area (Å²) < 4.78 is 4.03. The number of benzene rings is 1. The maximum Gasteiger partial charge on any atom is 0.274 e. The van der Waals surface area contributed by atoms with Gasteiger partial charge in [-0.15, -0.1) is 0 Å². The molecule has 1 atom stereocenters. The van der Waals surface area contributed by atoms with Gasteiger partial charge in [0.2, 0.25) is 5.91 Å². The molecule has 178 valence electrons. The number of carbonyl (C=O) groups excluding carboxylic acids is 2. The molecule has 1 aliphatic carbocycles. The van der Waals surface area contributed by atoms with E-state index in [1.807, 2.05) is 83.0 Å². The van der Waals surface area contributed by atoms with Crippen molar-refractivity contribution in [2.45, 2.75) is 57.3 Å². The zero-order valence-corrected chi connectivity index (χ0v) is 19.9. The number of carbonyl (C=O) groups is 2. The van der Waals surface area contributed by atoms with Gasteiger partial charge < -0.3 is 19.4 Å². The van der Waals surface area contributed by atoms with Gasteiger partial charge >= 0.3 is 0 Å². The molecule has 2 aliphatic rings. The van der Waals surface area contributed by atoms with Gasteiger partial charge in [-0.1, -0.05) is 37.1 Å². The Morgan fingerprint density at radius 1 is 1.06 bits per heavy atom. The molecule has 0 bridgehead atoms. The predicted octanol–water partition coefficient (Wildman–Crippen LogP) is 4.30. The topological polar surface area (TPSA) is 72.2 Å². The number of rotatable bonds is 5. The van der Waals surface area contributed by atoms with Crippen molar-refractivity contribution in [3.8, 4) is 5.69 Å². The number of aromatic nitrogens is 3. The van der Waals surface area contributed by atoms with Gasteiger partial charge in [0.25, 0.3) is 5.91 Å². The van der Waals surface area contributed by atoms with E-state index in [4.69, 9.17) is 0 Å². The summed E-state index contributed by atoms with van der Waals surface area (Å²) in [4.78, 5) is 34.4. The third kappa shape index (κ3) is 3.53. The van der Waals surface area contributed by atoms with E-state index >= 15 is 0 Å². The molecule has 3 aromatic heterocycles. The van der Waals surface area contributed by atoms with Gasteiger partial charge in [0.15, 0.2) is 0 Å². The van der Waals surface area contributed by atoms with E-state index in [1.165, 1.54) is 0 Å². The maximum atomic E-state index is 14.3. The highest BCUT2D eigenvalue weighted by molar-refractivity contribution is 6.08. The Morgan fingerprint density at radius 3 is 2.54 bits per heavy atom. The Bertz CT molecular complexity index is 1390. The molecule has 1 aromatic carbocycles. The minimum absolute atomic E-state index is 0.0976. The Kier molecular flexibility index (Phi) is 5.20. The van der Waals surface area contributed by atoms with Crippen LogP contribution in [0, 0.1) is 0 Å². The number of hydrogen-bond acceptors (Lipinski definition) is 3. The molecule has 35 heavy (non-hydrogen) atoms. The van der Waals surface area contributed by atoms with Crippen LogP contribution in [0.5, 0.6) is 0 Å². The number of nitrogens with one attached hydrogen (secondary N) is 1. The van der Waals surface area contributed by atoms with Gasteiger partial charge in [-0.3, -0.25) is 14.6 Å². The van der Waals surface area contributed by atoms with Gasteiger partial charge in [0, 0.05) is 30.0 Å². The summed E-state index contributed by atoms with van der Waals surface area (Å²) in [6.07, 6.45) is 9.88. The van der Waals surface area contributed by atoms with Crippen LogP contribution in [0.4, 0.5) is 0 Å². The first kappa shape index (κ1) is 21.6. The van der Waals surface area contributed by atoms with Crippen LogP contribution in [0.3, 0.4) is 0 Å². The summed E-state index contributed by atoms with van der Waals surface area (Å²) in [6.45, 7) is 2.54. The lowest BCUT2D eigenvalue weighted by Crippen LogP contribution is -2.64. The fourth-order valence-corrected chi connectivity index (χ4v) is 5.66. The van der Waals surface area contributed by atoms with Crippen molar-refractivity contribution >= 4 is 22.7 Å². The monoisotopic (exact) mass is 467 g/mol. The number of pyridine rings is 1. The molecule has 1 N–H and O–H groups in total. The summed E-state index contributed by atoms with van der Waals surface area (Å²) in [5, 5.41) is 4.26. The second kappa shape index (κ2) is 8.41. The highest BCUT2D eigenvalue weighted by Gasteiger charge is 2.49. The number of nitrogens with zero attached hydrogens (tertiary/aromatic N) is 4. The molecular formula is C28H29N5O2. The second-order valence-electron chi connectivity index (χ2n) is 9.83. The van der Waals surface area contributed by atoms with Crippen molar-refractivity contribution in [2.75, 3.05) is 0 Å². The zero-order chi connectivity index (χ0) is 24.0. The van der Waals surface area contributed by atoms with Crippen LogP contribution < -0.4 is 5.32 Å². The summed E-state index contributed by atoms with van der Waals surface area (Å²) in [5.74, 6) is -0.259. The van der Waals surface area contributed by atoms with Crippen molar-refractivity contribution < 1.29 is 9.59 Å². The van der Waals surface area contributed by atoms with Crippen LogP contribution in [0.1, 0.15) is 48.8 Å². The average Bonchev–Trinajstić information content (AvgIpc) is 3.63. The fraction of sp³-hybridized carbons (Fsp3) is 0.321. The Hall–Kier alpha value is -3.87. The third-order valence-corrected chi connectivity index (χ3v) is 7.54. The molecule has 7 nitrogen and oxygen atoms in total. The number of fused-ring (bicyclic) bond motifs is 3. The molecule has 1 aliphatic heterocycles. The van der Waals surface area contributed by atoms with E-state index in [1.54, 1.807) is 11.1 Å². The molecule has 7 heteroatoms. The van der Waals surface area contributed by atoms with Crippen molar-refractivity contribution in [3.05, 3.63) is 84.6 Å². The standard InChI is InChI=1S/C28H29N5O2/c1-28(27(35)30-20-10-2-3-11-20)19-32-23-14-5-4-13-22(23)24(31-16-8-9-17-31)25(32)26(34)33(28)18-21-12-6-7-15-29-21/h4-9,12-17,20H,2-3,10-11,18-19H2,1H3,(H,30,35)/t28-/m1/s1. The number of hydrogen-bond donors (Lipinski definition) is 1. The van der Waals surface area contributed by atoms with Crippen LogP contribution in [-0.2, 0) is 17.9 Å². The largest absolute Gasteiger partial charge is 0.351 e. The average molecular weight is 468 g/mol. The first-order valence-corrected chi connectivity index (χ1v) is 12.3. The normalized spacial score (nSPS) is 20.4. The Labute approximate surface area is 204 Å². The van der Waals surface area contributed by atoms with E-state index in [9.17, 15) is 9.59 Å². The minimum atomic E-state index is -1.06. The van der Waals surface area contributed by atoms with Crippen molar-refractivity contribution in [1.29, 1.82) is 0 Å². The van der Waals surface area contributed by atoms with Crippen LogP contribution in [0.2, 0.25) is 0 Å². The molecule has 4 aromatic rings. The lowest BCUT2D eigenvalue weighted by molar-refractivity contribution is -0.133. The van der Waals surface area contributed by atoms with Crippen LogP contribution in [0.25, 0.3) is 16.6 Å². The van der Waals surface area contributed by atoms with Crippen LogP contribution in [0.15, 0.2) is 73.2 Å². The summed E-state index contributed by atoms with van der Waals surface area (Å²) in [7, 11) is 0. The summed E-state index contributed by atoms with van der Waals surface area (Å²) in [5.41, 5.74) is 2.11. The summed E-state index contributed by atoms with van der Waals surface area (Å²) in [6, 6.07) is 17.8. The van der Waals surface area contributed by atoms with Crippen molar-refractivity contribution in [1.82, 2.24) is 24.3 Å². The predicted molar refractivity (Wildman–Crippen MR) is 134 cm³/mol. The maximum absolute atomic E-state index is 14.3. The smallest absolute Gasteiger partial charge is 0.274 e. The van der Waals surface area contributed by atoms with E-state index in [2.05, 4.69) is 10.3 Å². The third-order valence-electron chi connectivity index (χ3n) is 7.54. The fourth-order valence-electron chi connectivity index (χ4n) is 5.66. The van der Waals surface area contributed by atoms with Crippen molar-refractivity contribution in [3.63, 3.8) is 0 Å². The van der Waals surface area contributed by atoms with Gasteiger partial charge in [-0.05, 0) is 50.1 Å². The molecule has 2 amide bonds. The quantitative estimate of drug-likeness (QED) is 0.476. The summed E-state index contributed by atoms with van der Waals surface area (Å²) >= 11 is 0. The first-order chi connectivity index (χ1) is 17.1. The van der Waals surface area contributed by atoms with Gasteiger partial charge in [-0.25, -0.2) is 0 Å². The van der Waals surface area contributed by atoms with E-state index in [0.717, 1.165) is 48.0 Å². The van der Waals surface area contributed by atoms with Gasteiger partial charge in [-0.2, -0.15) is 0 Å². The molecule has 0 saturated heterocycles. The molecule has 1 fully saturated rings. The molecular weight excluding hydrogens is 438 g/mol. The van der Waals surface area contributed by atoms with E-state index in [-0.39, 0.29) is 24.4 Å². The lowest BCUT2D eigenvalue weighted by Gasteiger charge is -2.44. The van der Waals surface area contributed by atoms with Gasteiger partial charge in [0.05, 0.1) is 30.0 Å². The molecule has 0 unspecified atom stereocenters. The Balaban J connectivity index is 1.51. The highest BCUT2D eigenvalue weighted by atomic mass is 16.2.